The first-order valence-electron chi connectivity index (χ1n) is 4.89. The summed E-state index contributed by atoms with van der Waals surface area (Å²) in [5.41, 5.74) is 6.75. The topological polar surface area (TPSA) is 48.1 Å². The lowest BCUT2D eigenvalue weighted by Crippen LogP contribution is -2.18. The van der Waals surface area contributed by atoms with Crippen molar-refractivity contribution in [2.24, 2.45) is 11.7 Å². The zero-order chi connectivity index (χ0) is 10.6. The van der Waals surface area contributed by atoms with Gasteiger partial charge in [-0.3, -0.25) is 4.98 Å². The zero-order valence-electron chi connectivity index (χ0n) is 9.03. The van der Waals surface area contributed by atoms with Gasteiger partial charge in [-0.1, -0.05) is 13.8 Å². The molecular formula is C11H18N2O. The second-order valence-corrected chi connectivity index (χ2v) is 3.71. The Morgan fingerprint density at radius 1 is 1.43 bits per heavy atom. The van der Waals surface area contributed by atoms with E-state index in [2.05, 4.69) is 18.8 Å². The molecule has 0 saturated carbocycles. The number of pyridine rings is 1. The Morgan fingerprint density at radius 2 is 2.14 bits per heavy atom. The fourth-order valence-corrected chi connectivity index (χ4v) is 1.47. The predicted molar refractivity (Wildman–Crippen MR) is 57.4 cm³/mol. The summed E-state index contributed by atoms with van der Waals surface area (Å²) in [7, 11) is 1.64. The van der Waals surface area contributed by atoms with E-state index in [-0.39, 0.29) is 0 Å². The van der Waals surface area contributed by atoms with Crippen LogP contribution in [0.4, 0.5) is 0 Å². The lowest BCUT2D eigenvalue weighted by molar-refractivity contribution is 0.411. The standard InChI is InChI=1S/C11H18N2O/c1-8(2)10(6-12)11-5-4-9(14-3)7-13-11/h4-5,7-8,10H,6,12H2,1-3H3. The maximum Gasteiger partial charge on any atom is 0.137 e. The van der Waals surface area contributed by atoms with Gasteiger partial charge in [0.1, 0.15) is 5.75 Å². The molecular weight excluding hydrogens is 176 g/mol. The SMILES string of the molecule is COc1ccc(C(CN)C(C)C)nc1. The molecule has 1 unspecified atom stereocenters. The van der Waals surface area contributed by atoms with Gasteiger partial charge in [0.25, 0.3) is 0 Å². The Hall–Kier alpha value is -1.09. The molecule has 3 nitrogen and oxygen atoms in total. The van der Waals surface area contributed by atoms with Crippen LogP contribution >= 0.6 is 0 Å². The number of hydrogen-bond acceptors (Lipinski definition) is 3. The highest BCUT2D eigenvalue weighted by Gasteiger charge is 2.14. The Balaban J connectivity index is 2.84. The molecule has 0 aliphatic carbocycles. The summed E-state index contributed by atoms with van der Waals surface area (Å²) in [5, 5.41) is 0. The van der Waals surface area contributed by atoms with E-state index in [0.29, 0.717) is 18.4 Å². The summed E-state index contributed by atoms with van der Waals surface area (Å²) in [4.78, 5) is 4.34. The third kappa shape index (κ3) is 2.45. The first kappa shape index (κ1) is 11.0. The highest BCUT2D eigenvalue weighted by Crippen LogP contribution is 2.22. The molecule has 0 amide bonds. The van der Waals surface area contributed by atoms with Crippen molar-refractivity contribution in [3.8, 4) is 5.75 Å². The fraction of sp³-hybridized carbons (Fsp3) is 0.545. The van der Waals surface area contributed by atoms with E-state index in [9.17, 15) is 0 Å². The molecule has 0 aromatic carbocycles. The van der Waals surface area contributed by atoms with Crippen LogP contribution in [0.3, 0.4) is 0 Å². The van der Waals surface area contributed by atoms with E-state index in [0.717, 1.165) is 11.4 Å². The van der Waals surface area contributed by atoms with Gasteiger partial charge in [-0.2, -0.15) is 0 Å². The van der Waals surface area contributed by atoms with Crippen LogP contribution in [-0.4, -0.2) is 18.6 Å². The molecule has 0 bridgehead atoms. The molecule has 0 aliphatic heterocycles. The molecule has 1 rings (SSSR count). The fourth-order valence-electron chi connectivity index (χ4n) is 1.47. The summed E-state index contributed by atoms with van der Waals surface area (Å²) in [5.74, 6) is 1.63. The molecule has 0 aliphatic rings. The van der Waals surface area contributed by atoms with Crippen molar-refractivity contribution in [3.05, 3.63) is 24.0 Å². The third-order valence-corrected chi connectivity index (χ3v) is 2.43. The number of nitrogens with two attached hydrogens (primary N) is 1. The molecule has 1 aromatic rings. The molecule has 14 heavy (non-hydrogen) atoms. The molecule has 2 N–H and O–H groups in total. The second kappa shape index (κ2) is 4.96. The average molecular weight is 194 g/mol. The normalized spacial score (nSPS) is 12.9. The molecule has 1 heterocycles. The van der Waals surface area contributed by atoms with E-state index < -0.39 is 0 Å². The van der Waals surface area contributed by atoms with Gasteiger partial charge in [-0.15, -0.1) is 0 Å². The second-order valence-electron chi connectivity index (χ2n) is 3.71. The molecule has 0 radical (unpaired) electrons. The Kier molecular flexibility index (Phi) is 3.89. The molecule has 0 saturated heterocycles. The van der Waals surface area contributed by atoms with Crippen molar-refractivity contribution in [1.29, 1.82) is 0 Å². The smallest absolute Gasteiger partial charge is 0.137 e. The minimum atomic E-state index is 0.334. The number of hydrogen-bond donors (Lipinski definition) is 1. The van der Waals surface area contributed by atoms with Gasteiger partial charge in [0.05, 0.1) is 13.3 Å². The van der Waals surface area contributed by atoms with Crippen LogP contribution in [0.15, 0.2) is 18.3 Å². The highest BCUT2D eigenvalue weighted by molar-refractivity contribution is 5.22. The van der Waals surface area contributed by atoms with Gasteiger partial charge in [0.2, 0.25) is 0 Å². The minimum Gasteiger partial charge on any atom is -0.495 e. The first-order chi connectivity index (χ1) is 6.69. The number of methoxy groups -OCH3 is 1. The molecule has 0 fully saturated rings. The minimum absolute atomic E-state index is 0.334. The molecule has 1 aromatic heterocycles. The zero-order valence-corrected chi connectivity index (χ0v) is 9.03. The Bertz CT molecular complexity index is 269. The maximum absolute atomic E-state index is 5.71. The van der Waals surface area contributed by atoms with Crippen molar-refractivity contribution >= 4 is 0 Å². The summed E-state index contributed by atoms with van der Waals surface area (Å²) in [6.45, 7) is 4.95. The quantitative estimate of drug-likeness (QED) is 0.795. The van der Waals surface area contributed by atoms with Gasteiger partial charge in [-0.25, -0.2) is 0 Å². The summed E-state index contributed by atoms with van der Waals surface area (Å²) >= 11 is 0. The van der Waals surface area contributed by atoms with Crippen molar-refractivity contribution in [1.82, 2.24) is 4.98 Å². The number of rotatable bonds is 4. The van der Waals surface area contributed by atoms with Crippen LogP contribution in [0, 0.1) is 5.92 Å². The lowest BCUT2D eigenvalue weighted by Gasteiger charge is -2.18. The third-order valence-electron chi connectivity index (χ3n) is 2.43. The van der Waals surface area contributed by atoms with E-state index >= 15 is 0 Å². The van der Waals surface area contributed by atoms with Gasteiger partial charge in [-0.05, 0) is 18.1 Å². The first-order valence-corrected chi connectivity index (χ1v) is 4.89. The number of aromatic nitrogens is 1. The predicted octanol–water partition coefficient (Wildman–Crippen LogP) is 1.79. The van der Waals surface area contributed by atoms with Crippen LogP contribution in [0.5, 0.6) is 5.75 Å². The van der Waals surface area contributed by atoms with Gasteiger partial charge >= 0.3 is 0 Å². The van der Waals surface area contributed by atoms with E-state index in [1.54, 1.807) is 13.3 Å². The van der Waals surface area contributed by atoms with Crippen molar-refractivity contribution < 1.29 is 4.74 Å². The van der Waals surface area contributed by atoms with E-state index in [4.69, 9.17) is 10.5 Å². The monoisotopic (exact) mass is 194 g/mol. The van der Waals surface area contributed by atoms with Crippen LogP contribution < -0.4 is 10.5 Å². The van der Waals surface area contributed by atoms with Crippen molar-refractivity contribution in [2.75, 3.05) is 13.7 Å². The highest BCUT2D eigenvalue weighted by atomic mass is 16.5. The molecule has 3 heteroatoms. The molecule has 78 valence electrons. The van der Waals surface area contributed by atoms with E-state index in [1.807, 2.05) is 12.1 Å². The van der Waals surface area contributed by atoms with E-state index in [1.165, 1.54) is 0 Å². The van der Waals surface area contributed by atoms with Crippen molar-refractivity contribution in [2.45, 2.75) is 19.8 Å². The maximum atomic E-state index is 5.71. The largest absolute Gasteiger partial charge is 0.495 e. The van der Waals surface area contributed by atoms with Crippen LogP contribution in [0.25, 0.3) is 0 Å². The van der Waals surface area contributed by atoms with Gasteiger partial charge < -0.3 is 10.5 Å². The summed E-state index contributed by atoms with van der Waals surface area (Å²) < 4.78 is 5.05. The molecule has 0 spiro atoms. The number of ether oxygens (including phenoxy) is 1. The lowest BCUT2D eigenvalue weighted by atomic mass is 9.92. The summed E-state index contributed by atoms with van der Waals surface area (Å²) in [6, 6.07) is 3.91. The molecule has 1 atom stereocenters. The van der Waals surface area contributed by atoms with Gasteiger partial charge in [0.15, 0.2) is 0 Å². The van der Waals surface area contributed by atoms with Crippen LogP contribution in [-0.2, 0) is 0 Å². The Morgan fingerprint density at radius 3 is 2.50 bits per heavy atom. The van der Waals surface area contributed by atoms with Crippen molar-refractivity contribution in [3.63, 3.8) is 0 Å². The number of nitrogens with zero attached hydrogens (tertiary/aromatic N) is 1. The van der Waals surface area contributed by atoms with Crippen LogP contribution in [0.2, 0.25) is 0 Å². The van der Waals surface area contributed by atoms with Gasteiger partial charge in [0, 0.05) is 18.2 Å². The Labute approximate surface area is 85.3 Å². The van der Waals surface area contributed by atoms with Crippen LogP contribution in [0.1, 0.15) is 25.5 Å². The average Bonchev–Trinajstić information content (AvgIpc) is 2.19. The summed E-state index contributed by atoms with van der Waals surface area (Å²) in [6.07, 6.45) is 1.74.